The summed E-state index contributed by atoms with van der Waals surface area (Å²) in [4.78, 5) is 23.1. The molecular weight excluding hydrogens is 275 g/mol. The predicted molar refractivity (Wildman–Crippen MR) is 72.5 cm³/mol. The Morgan fingerprint density at radius 3 is 2.43 bits per heavy atom. The van der Waals surface area contributed by atoms with Crippen LogP contribution in [-0.2, 0) is 0 Å². The lowest BCUT2D eigenvalue weighted by molar-refractivity contribution is 0.0692. The second kappa shape index (κ2) is 5.84. The van der Waals surface area contributed by atoms with Crippen molar-refractivity contribution in [3.63, 3.8) is 0 Å². The van der Waals surface area contributed by atoms with Crippen LogP contribution in [0.3, 0.4) is 0 Å². The molecule has 2 aromatic rings. The first kappa shape index (κ1) is 14.2. The van der Waals surface area contributed by atoms with E-state index in [1.807, 2.05) is 0 Å². The molecule has 0 atom stereocenters. The molecule has 0 unspecified atom stereocenters. The Hall–Kier alpha value is -3.20. The summed E-state index contributed by atoms with van der Waals surface area (Å²) in [6.45, 7) is 0. The fraction of sp³-hybridized carbons (Fsp3) is 0. The van der Waals surface area contributed by atoms with Gasteiger partial charge in [0.15, 0.2) is 0 Å². The van der Waals surface area contributed by atoms with Gasteiger partial charge in [-0.25, -0.2) is 9.18 Å². The number of anilines is 1. The van der Waals surface area contributed by atoms with E-state index in [0.29, 0.717) is 0 Å². The fourth-order valence-electron chi connectivity index (χ4n) is 1.75. The molecule has 0 bridgehead atoms. The van der Waals surface area contributed by atoms with Gasteiger partial charge >= 0.3 is 5.97 Å². The second-order valence-electron chi connectivity index (χ2n) is 4.11. The number of carbonyl (C=O) groups excluding carboxylic acids is 1. The van der Waals surface area contributed by atoms with Gasteiger partial charge < -0.3 is 10.4 Å². The van der Waals surface area contributed by atoms with Gasteiger partial charge in [-0.15, -0.1) is 0 Å². The highest BCUT2D eigenvalue weighted by atomic mass is 19.1. The van der Waals surface area contributed by atoms with E-state index >= 15 is 0 Å². The third-order valence-corrected chi connectivity index (χ3v) is 2.75. The molecule has 5 nitrogen and oxygen atoms in total. The molecule has 0 aliphatic rings. The van der Waals surface area contributed by atoms with Gasteiger partial charge in [-0.1, -0.05) is 12.1 Å². The maximum absolute atomic E-state index is 13.2. The summed E-state index contributed by atoms with van der Waals surface area (Å²) in [6.07, 6.45) is 0. The lowest BCUT2D eigenvalue weighted by atomic mass is 10.1. The zero-order chi connectivity index (χ0) is 15.4. The van der Waals surface area contributed by atoms with Crippen LogP contribution < -0.4 is 5.32 Å². The first-order valence-corrected chi connectivity index (χ1v) is 5.86. The quantitative estimate of drug-likeness (QED) is 0.906. The third kappa shape index (κ3) is 3.04. The Balaban J connectivity index is 2.31. The highest BCUT2D eigenvalue weighted by Crippen LogP contribution is 2.16. The summed E-state index contributed by atoms with van der Waals surface area (Å²) >= 11 is 0. The van der Waals surface area contributed by atoms with Crippen LogP contribution in [0.1, 0.15) is 26.3 Å². The van der Waals surface area contributed by atoms with Crippen LogP contribution in [0.25, 0.3) is 0 Å². The van der Waals surface area contributed by atoms with Gasteiger partial charge in [0, 0.05) is 5.69 Å². The van der Waals surface area contributed by atoms with Crippen LogP contribution >= 0.6 is 0 Å². The fourth-order valence-corrected chi connectivity index (χ4v) is 1.75. The number of nitriles is 1. The van der Waals surface area contributed by atoms with E-state index in [0.717, 1.165) is 6.07 Å². The molecule has 2 N–H and O–H groups in total. The number of benzene rings is 2. The molecule has 6 heteroatoms. The Bertz CT molecular complexity index is 766. The molecule has 0 saturated heterocycles. The summed E-state index contributed by atoms with van der Waals surface area (Å²) in [5, 5.41) is 20.2. The zero-order valence-corrected chi connectivity index (χ0v) is 10.6. The number of carbonyl (C=O) groups is 2. The smallest absolute Gasteiger partial charge is 0.336 e. The Morgan fingerprint density at radius 2 is 1.81 bits per heavy atom. The second-order valence-corrected chi connectivity index (χ2v) is 4.11. The Labute approximate surface area is 119 Å². The molecule has 0 spiro atoms. The van der Waals surface area contributed by atoms with Crippen LogP contribution in [-0.4, -0.2) is 17.0 Å². The molecule has 2 rings (SSSR count). The van der Waals surface area contributed by atoms with Gasteiger partial charge in [0.1, 0.15) is 11.9 Å². The van der Waals surface area contributed by atoms with Gasteiger partial charge in [-0.3, -0.25) is 4.79 Å². The predicted octanol–water partition coefficient (Wildman–Crippen LogP) is 2.65. The van der Waals surface area contributed by atoms with E-state index in [9.17, 15) is 14.0 Å². The highest BCUT2D eigenvalue weighted by molar-refractivity contribution is 6.10. The van der Waals surface area contributed by atoms with Crippen molar-refractivity contribution in [3.05, 3.63) is 65.0 Å². The number of hydrogen-bond acceptors (Lipinski definition) is 3. The van der Waals surface area contributed by atoms with Crippen LogP contribution in [0.15, 0.2) is 42.5 Å². The number of rotatable bonds is 3. The molecule has 2 aromatic carbocycles. The first-order chi connectivity index (χ1) is 10.0. The van der Waals surface area contributed by atoms with Crippen LogP contribution in [0.5, 0.6) is 0 Å². The van der Waals surface area contributed by atoms with E-state index < -0.39 is 17.7 Å². The van der Waals surface area contributed by atoms with E-state index in [2.05, 4.69) is 5.32 Å². The highest BCUT2D eigenvalue weighted by Gasteiger charge is 2.16. The summed E-state index contributed by atoms with van der Waals surface area (Å²) < 4.78 is 13.2. The van der Waals surface area contributed by atoms with Crippen molar-refractivity contribution < 1.29 is 19.1 Å². The lowest BCUT2D eigenvalue weighted by Crippen LogP contribution is -2.16. The molecule has 0 radical (unpaired) electrons. The van der Waals surface area contributed by atoms with Crippen molar-refractivity contribution in [2.45, 2.75) is 0 Å². The molecule has 0 aliphatic heterocycles. The topological polar surface area (TPSA) is 90.2 Å². The van der Waals surface area contributed by atoms with Gasteiger partial charge in [0.2, 0.25) is 0 Å². The van der Waals surface area contributed by atoms with Gasteiger partial charge in [0.05, 0.1) is 16.7 Å². The van der Waals surface area contributed by atoms with E-state index in [1.54, 1.807) is 6.07 Å². The number of hydrogen-bond donors (Lipinski definition) is 2. The number of nitrogens with one attached hydrogen (secondary N) is 1. The molecule has 21 heavy (non-hydrogen) atoms. The number of nitrogens with zero attached hydrogens (tertiary/aromatic N) is 1. The summed E-state index contributed by atoms with van der Waals surface area (Å²) in [6, 6.07) is 10.9. The van der Waals surface area contributed by atoms with Crippen molar-refractivity contribution in [1.29, 1.82) is 5.26 Å². The molecule has 104 valence electrons. The summed E-state index contributed by atoms with van der Waals surface area (Å²) in [5.74, 6) is -2.57. The first-order valence-electron chi connectivity index (χ1n) is 5.86. The van der Waals surface area contributed by atoms with Gasteiger partial charge in [0.25, 0.3) is 5.91 Å². The molecule has 0 aromatic heterocycles. The van der Waals surface area contributed by atoms with E-state index in [4.69, 9.17) is 10.4 Å². The maximum atomic E-state index is 13.2. The molecule has 0 fully saturated rings. The molecule has 0 heterocycles. The minimum absolute atomic E-state index is 0.0205. The summed E-state index contributed by atoms with van der Waals surface area (Å²) in [5.41, 5.74) is -0.164. The number of aromatic carboxylic acids is 1. The van der Waals surface area contributed by atoms with Crippen LogP contribution in [0.4, 0.5) is 10.1 Å². The third-order valence-electron chi connectivity index (χ3n) is 2.75. The van der Waals surface area contributed by atoms with Gasteiger partial charge in [-0.05, 0) is 30.3 Å². The average molecular weight is 284 g/mol. The molecular formula is C15H9FN2O3. The van der Waals surface area contributed by atoms with Crippen LogP contribution in [0.2, 0.25) is 0 Å². The SMILES string of the molecule is N#Cc1cc(NC(=O)c2ccccc2C(=O)O)ccc1F. The number of carboxylic acid groups (broad SMARTS) is 1. The lowest BCUT2D eigenvalue weighted by Gasteiger charge is -2.08. The molecule has 1 amide bonds. The molecule has 0 aliphatic carbocycles. The van der Waals surface area contributed by atoms with E-state index in [-0.39, 0.29) is 22.4 Å². The standard InChI is InChI=1S/C15H9FN2O3/c16-13-6-5-10(7-9(13)8-17)18-14(19)11-3-1-2-4-12(11)15(20)21/h1-7H,(H,18,19)(H,20,21). The average Bonchev–Trinajstić information content (AvgIpc) is 2.49. The maximum Gasteiger partial charge on any atom is 0.336 e. The number of halogens is 1. The molecule has 0 saturated carbocycles. The Kier molecular flexibility index (Phi) is 3.95. The normalized spacial score (nSPS) is 9.71. The largest absolute Gasteiger partial charge is 0.478 e. The number of carboxylic acids is 1. The van der Waals surface area contributed by atoms with Crippen molar-refractivity contribution >= 4 is 17.6 Å². The Morgan fingerprint density at radius 1 is 1.14 bits per heavy atom. The monoisotopic (exact) mass is 284 g/mol. The minimum Gasteiger partial charge on any atom is -0.478 e. The zero-order valence-electron chi connectivity index (χ0n) is 10.6. The van der Waals surface area contributed by atoms with Crippen LogP contribution in [0, 0.1) is 17.1 Å². The summed E-state index contributed by atoms with van der Waals surface area (Å²) in [7, 11) is 0. The van der Waals surface area contributed by atoms with E-state index in [1.165, 1.54) is 36.4 Å². The van der Waals surface area contributed by atoms with Crippen molar-refractivity contribution in [2.75, 3.05) is 5.32 Å². The van der Waals surface area contributed by atoms with Crippen molar-refractivity contribution in [1.82, 2.24) is 0 Å². The minimum atomic E-state index is -1.22. The van der Waals surface area contributed by atoms with Crippen molar-refractivity contribution in [2.24, 2.45) is 0 Å². The number of amides is 1. The van der Waals surface area contributed by atoms with Crippen molar-refractivity contribution in [3.8, 4) is 6.07 Å². The van der Waals surface area contributed by atoms with Gasteiger partial charge in [-0.2, -0.15) is 5.26 Å².